The number of aliphatic imine (C=N–C) groups is 1. The molecule has 5 heteroatoms. The van der Waals surface area contributed by atoms with Crippen molar-refractivity contribution in [3.8, 4) is 22.5 Å². The van der Waals surface area contributed by atoms with Gasteiger partial charge in [0.05, 0.1) is 16.8 Å². The molecule has 0 aliphatic heterocycles. The molecule has 0 aliphatic rings. The molecule has 136 valence electrons. The highest BCUT2D eigenvalue weighted by Gasteiger charge is 2.09. The average Bonchev–Trinajstić information content (AvgIpc) is 3.22. The zero-order valence-corrected chi connectivity index (χ0v) is 14.9. The normalized spacial score (nSPS) is 11.0. The van der Waals surface area contributed by atoms with E-state index in [-0.39, 0.29) is 5.69 Å². The third kappa shape index (κ3) is 3.88. The van der Waals surface area contributed by atoms with Crippen molar-refractivity contribution in [1.29, 1.82) is 0 Å². The van der Waals surface area contributed by atoms with Crippen molar-refractivity contribution < 1.29 is 9.34 Å². The number of nitro benzene ring substituents is 1. The first-order valence-corrected chi connectivity index (χ1v) is 8.73. The van der Waals surface area contributed by atoms with Crippen molar-refractivity contribution in [1.82, 2.24) is 0 Å². The predicted octanol–water partition coefficient (Wildman–Crippen LogP) is 6.27. The number of non-ortho nitro benzene ring substituents is 1. The summed E-state index contributed by atoms with van der Waals surface area (Å²) in [5.41, 5.74) is 3.79. The summed E-state index contributed by atoms with van der Waals surface area (Å²) in [7, 11) is 0. The van der Waals surface area contributed by atoms with Crippen LogP contribution < -0.4 is 0 Å². The van der Waals surface area contributed by atoms with Crippen molar-refractivity contribution in [3.05, 3.63) is 107 Å². The summed E-state index contributed by atoms with van der Waals surface area (Å²) in [5.74, 6) is 1.14. The van der Waals surface area contributed by atoms with Crippen LogP contribution in [0.15, 0.2) is 100 Å². The van der Waals surface area contributed by atoms with Crippen LogP contribution in [0.3, 0.4) is 0 Å². The molecule has 0 aliphatic carbocycles. The standard InChI is InChI=1S/C23H16N2O3/c26-25(27)21-8-4-7-19(15-21)23-14-13-22(28-23)16-24-20-11-9-18(10-12-20)17-5-2-1-3-6-17/h1-16H. The molecule has 0 saturated heterocycles. The Bertz CT molecular complexity index is 1130. The molecule has 1 aromatic heterocycles. The zero-order valence-electron chi connectivity index (χ0n) is 14.9. The third-order valence-corrected chi connectivity index (χ3v) is 4.28. The van der Waals surface area contributed by atoms with Crippen LogP contribution in [0.25, 0.3) is 22.5 Å². The highest BCUT2D eigenvalue weighted by atomic mass is 16.6. The van der Waals surface area contributed by atoms with Crippen LogP contribution in [-0.2, 0) is 0 Å². The summed E-state index contributed by atoms with van der Waals surface area (Å²) < 4.78 is 5.75. The molecular formula is C23H16N2O3. The summed E-state index contributed by atoms with van der Waals surface area (Å²) in [6.45, 7) is 0. The van der Waals surface area contributed by atoms with E-state index in [4.69, 9.17) is 4.42 Å². The van der Waals surface area contributed by atoms with E-state index in [0.717, 1.165) is 16.8 Å². The van der Waals surface area contributed by atoms with Gasteiger partial charge in [0, 0.05) is 17.7 Å². The lowest BCUT2D eigenvalue weighted by Gasteiger charge is -2.01. The van der Waals surface area contributed by atoms with Gasteiger partial charge in [0.1, 0.15) is 11.5 Å². The molecule has 5 nitrogen and oxygen atoms in total. The highest BCUT2D eigenvalue weighted by molar-refractivity contribution is 5.80. The molecule has 3 aromatic carbocycles. The first kappa shape index (κ1) is 17.4. The van der Waals surface area contributed by atoms with Crippen LogP contribution in [0.1, 0.15) is 5.76 Å². The fraction of sp³-hybridized carbons (Fsp3) is 0. The second-order valence-corrected chi connectivity index (χ2v) is 6.18. The van der Waals surface area contributed by atoms with Crippen molar-refractivity contribution in [3.63, 3.8) is 0 Å². The molecule has 1 heterocycles. The van der Waals surface area contributed by atoms with E-state index in [9.17, 15) is 10.1 Å². The molecule has 0 fully saturated rings. The Balaban J connectivity index is 1.50. The minimum absolute atomic E-state index is 0.0302. The molecular weight excluding hydrogens is 352 g/mol. The third-order valence-electron chi connectivity index (χ3n) is 4.28. The van der Waals surface area contributed by atoms with Crippen LogP contribution in [0.4, 0.5) is 11.4 Å². The summed E-state index contributed by atoms with van der Waals surface area (Å²) in [5, 5.41) is 10.9. The molecule has 28 heavy (non-hydrogen) atoms. The van der Waals surface area contributed by atoms with Gasteiger partial charge in [-0.2, -0.15) is 0 Å². The summed E-state index contributed by atoms with van der Waals surface area (Å²) in [6.07, 6.45) is 1.64. The maximum atomic E-state index is 10.9. The van der Waals surface area contributed by atoms with Gasteiger partial charge in [-0.15, -0.1) is 0 Å². The minimum Gasteiger partial charge on any atom is -0.455 e. The van der Waals surface area contributed by atoms with E-state index in [1.807, 2.05) is 42.5 Å². The predicted molar refractivity (Wildman–Crippen MR) is 110 cm³/mol. The summed E-state index contributed by atoms with van der Waals surface area (Å²) in [4.78, 5) is 14.9. The van der Waals surface area contributed by atoms with Crippen LogP contribution in [0, 0.1) is 10.1 Å². The molecule has 0 atom stereocenters. The Morgan fingerprint density at radius 2 is 1.50 bits per heavy atom. The van der Waals surface area contributed by atoms with Gasteiger partial charge in [0.2, 0.25) is 0 Å². The molecule has 4 aromatic rings. The zero-order chi connectivity index (χ0) is 19.3. The summed E-state index contributed by atoms with van der Waals surface area (Å²) >= 11 is 0. The minimum atomic E-state index is -0.423. The quantitative estimate of drug-likeness (QED) is 0.237. The largest absolute Gasteiger partial charge is 0.455 e. The molecule has 0 bridgehead atoms. The van der Waals surface area contributed by atoms with Crippen molar-refractivity contribution in [2.45, 2.75) is 0 Å². The maximum absolute atomic E-state index is 10.9. The Labute approximate surface area is 161 Å². The fourth-order valence-electron chi connectivity index (χ4n) is 2.86. The van der Waals surface area contributed by atoms with Gasteiger partial charge in [0.25, 0.3) is 5.69 Å². The van der Waals surface area contributed by atoms with Crippen LogP contribution in [0.5, 0.6) is 0 Å². The number of nitro groups is 1. The fourth-order valence-corrected chi connectivity index (χ4v) is 2.86. The van der Waals surface area contributed by atoms with E-state index < -0.39 is 4.92 Å². The van der Waals surface area contributed by atoms with Crippen molar-refractivity contribution >= 4 is 17.6 Å². The monoisotopic (exact) mass is 368 g/mol. The first-order chi connectivity index (χ1) is 13.7. The molecule has 0 unspecified atom stereocenters. The highest BCUT2D eigenvalue weighted by Crippen LogP contribution is 2.26. The average molecular weight is 368 g/mol. The van der Waals surface area contributed by atoms with E-state index in [1.54, 1.807) is 30.5 Å². The molecule has 0 spiro atoms. The Morgan fingerprint density at radius 1 is 0.786 bits per heavy atom. The van der Waals surface area contributed by atoms with Gasteiger partial charge in [-0.25, -0.2) is 0 Å². The molecule has 0 N–H and O–H groups in total. The Morgan fingerprint density at radius 3 is 2.25 bits per heavy atom. The Kier molecular flexibility index (Phi) is 4.80. The van der Waals surface area contributed by atoms with Crippen LogP contribution >= 0.6 is 0 Å². The summed E-state index contributed by atoms with van der Waals surface area (Å²) in [6, 6.07) is 28.0. The van der Waals surface area contributed by atoms with E-state index in [0.29, 0.717) is 17.1 Å². The van der Waals surface area contributed by atoms with Gasteiger partial charge >= 0.3 is 0 Å². The SMILES string of the molecule is O=[N+]([O-])c1cccc(-c2ccc(C=Nc3ccc(-c4ccccc4)cc3)o2)c1. The molecule has 4 rings (SSSR count). The number of hydrogen-bond donors (Lipinski definition) is 0. The lowest BCUT2D eigenvalue weighted by Crippen LogP contribution is -1.87. The smallest absolute Gasteiger partial charge is 0.270 e. The Hall–Kier alpha value is -3.99. The second kappa shape index (κ2) is 7.72. The van der Waals surface area contributed by atoms with Crippen molar-refractivity contribution in [2.24, 2.45) is 4.99 Å². The number of furan rings is 1. The van der Waals surface area contributed by atoms with E-state index in [2.05, 4.69) is 17.1 Å². The van der Waals surface area contributed by atoms with Gasteiger partial charge < -0.3 is 4.42 Å². The molecule has 0 radical (unpaired) electrons. The maximum Gasteiger partial charge on any atom is 0.270 e. The lowest BCUT2D eigenvalue weighted by molar-refractivity contribution is -0.384. The molecule has 0 saturated carbocycles. The lowest BCUT2D eigenvalue weighted by atomic mass is 10.1. The van der Waals surface area contributed by atoms with Gasteiger partial charge in [-0.1, -0.05) is 54.6 Å². The number of benzene rings is 3. The topological polar surface area (TPSA) is 68.6 Å². The number of nitrogens with zero attached hydrogens (tertiary/aromatic N) is 2. The van der Waals surface area contributed by atoms with E-state index in [1.165, 1.54) is 12.1 Å². The first-order valence-electron chi connectivity index (χ1n) is 8.73. The van der Waals surface area contributed by atoms with Crippen molar-refractivity contribution in [2.75, 3.05) is 0 Å². The van der Waals surface area contributed by atoms with Gasteiger partial charge in [0.15, 0.2) is 0 Å². The van der Waals surface area contributed by atoms with Crippen LogP contribution in [-0.4, -0.2) is 11.1 Å². The number of rotatable bonds is 5. The van der Waals surface area contributed by atoms with Gasteiger partial charge in [-0.05, 0) is 35.4 Å². The number of hydrogen-bond acceptors (Lipinski definition) is 4. The second-order valence-electron chi connectivity index (χ2n) is 6.18. The van der Waals surface area contributed by atoms with Gasteiger partial charge in [-0.3, -0.25) is 15.1 Å². The molecule has 0 amide bonds. The van der Waals surface area contributed by atoms with E-state index >= 15 is 0 Å². The van der Waals surface area contributed by atoms with Crippen LogP contribution in [0.2, 0.25) is 0 Å².